The first-order valence-electron chi connectivity index (χ1n) is 15.2. The third-order valence-corrected chi connectivity index (χ3v) is 7.61. The van der Waals surface area contributed by atoms with Crippen LogP contribution in [0.4, 0.5) is 19.5 Å². The summed E-state index contributed by atoms with van der Waals surface area (Å²) in [5, 5.41) is 14.7. The molecule has 238 valence electrons. The average Bonchev–Trinajstić information content (AvgIpc) is 3.00. The molecule has 0 bridgehead atoms. The predicted octanol–water partition coefficient (Wildman–Crippen LogP) is 7.16. The lowest BCUT2D eigenvalue weighted by molar-refractivity contribution is -0.00845. The Morgan fingerprint density at radius 1 is 1.09 bits per heavy atom. The molecule has 1 fully saturated rings. The van der Waals surface area contributed by atoms with Crippen molar-refractivity contribution < 1.29 is 28.2 Å². The summed E-state index contributed by atoms with van der Waals surface area (Å²) in [6, 6.07) is 14.9. The molecule has 1 amide bonds. The van der Waals surface area contributed by atoms with E-state index < -0.39 is 18.1 Å². The number of carbonyl (C=O) groups excluding carboxylic acids is 1. The Bertz CT molecular complexity index is 1640. The average molecular weight is 620 g/mol. The van der Waals surface area contributed by atoms with Crippen LogP contribution in [0.3, 0.4) is 0 Å². The number of anilines is 1. The molecule has 1 aliphatic heterocycles. The van der Waals surface area contributed by atoms with Crippen molar-refractivity contribution in [3.05, 3.63) is 72.1 Å². The number of halogens is 2. The molecular formula is C34H39F2N5O4. The fourth-order valence-corrected chi connectivity index (χ4v) is 5.40. The molecule has 0 radical (unpaired) electrons. The number of hydrogen-bond donors (Lipinski definition) is 2. The smallest absolute Gasteiger partial charge is 0.410 e. The van der Waals surface area contributed by atoms with Gasteiger partial charge in [0.15, 0.2) is 0 Å². The second-order valence-electron chi connectivity index (χ2n) is 12.3. The first-order chi connectivity index (χ1) is 21.5. The summed E-state index contributed by atoms with van der Waals surface area (Å²) in [6.07, 6.45) is 0.463. The van der Waals surface area contributed by atoms with Crippen molar-refractivity contribution >= 4 is 22.8 Å². The van der Waals surface area contributed by atoms with Crippen molar-refractivity contribution in [1.82, 2.24) is 19.9 Å². The minimum Gasteiger partial charge on any atom is -0.444 e. The number of aryl methyl sites for hydroxylation is 2. The number of alkyl halides is 2. The Kier molecular flexibility index (Phi) is 9.77. The van der Waals surface area contributed by atoms with Gasteiger partial charge in [-0.2, -0.15) is 0 Å². The summed E-state index contributed by atoms with van der Waals surface area (Å²) in [5.41, 5.74) is 2.42. The zero-order valence-corrected chi connectivity index (χ0v) is 26.0. The van der Waals surface area contributed by atoms with Crippen LogP contribution in [0.5, 0.6) is 11.6 Å². The molecule has 11 heteroatoms. The lowest BCUT2D eigenvalue weighted by Crippen LogP contribution is -2.47. The van der Waals surface area contributed by atoms with E-state index >= 15 is 0 Å². The number of rotatable bonds is 9. The summed E-state index contributed by atoms with van der Waals surface area (Å²) in [7, 11) is 0. The van der Waals surface area contributed by atoms with Gasteiger partial charge in [-0.1, -0.05) is 30.3 Å². The number of nitrogens with one attached hydrogen (secondary N) is 1. The van der Waals surface area contributed by atoms with Crippen LogP contribution in [0.1, 0.15) is 51.2 Å². The highest BCUT2D eigenvalue weighted by molar-refractivity contribution is 5.92. The number of benzene rings is 2. The largest absolute Gasteiger partial charge is 0.444 e. The summed E-state index contributed by atoms with van der Waals surface area (Å²) >= 11 is 0. The first kappa shape index (κ1) is 32.0. The second-order valence-corrected chi connectivity index (χ2v) is 12.3. The van der Waals surface area contributed by atoms with Gasteiger partial charge in [0.2, 0.25) is 11.8 Å². The van der Waals surface area contributed by atoms with E-state index in [9.17, 15) is 18.7 Å². The molecule has 1 aliphatic rings. The molecule has 0 saturated carbocycles. The highest BCUT2D eigenvalue weighted by Crippen LogP contribution is 2.38. The van der Waals surface area contributed by atoms with Gasteiger partial charge in [0.05, 0.1) is 11.3 Å². The van der Waals surface area contributed by atoms with Crippen LogP contribution in [0.2, 0.25) is 0 Å². The molecular weight excluding hydrogens is 580 g/mol. The van der Waals surface area contributed by atoms with E-state index in [1.54, 1.807) is 29.4 Å². The highest BCUT2D eigenvalue weighted by atomic mass is 19.3. The van der Waals surface area contributed by atoms with E-state index in [2.05, 4.69) is 15.3 Å². The van der Waals surface area contributed by atoms with Crippen LogP contribution in [-0.4, -0.2) is 68.3 Å². The Morgan fingerprint density at radius 2 is 1.91 bits per heavy atom. The Morgan fingerprint density at radius 3 is 2.69 bits per heavy atom. The molecule has 4 aromatic rings. The van der Waals surface area contributed by atoms with E-state index in [0.29, 0.717) is 48.3 Å². The van der Waals surface area contributed by atoms with Gasteiger partial charge in [-0.05, 0) is 88.1 Å². The SMILES string of the molecule is Cc1ccc2c(CC[C@H](O)C(F)F)cccc2c1Oc1ncccc1-c1ccnc(N[C@H]2CCCN(C(=O)OC(C)(C)C)C2)n1. The number of aliphatic hydroxyl groups excluding tert-OH is 1. The number of ether oxygens (including phenoxy) is 2. The van der Waals surface area contributed by atoms with Crippen LogP contribution in [0.15, 0.2) is 60.9 Å². The fourth-order valence-electron chi connectivity index (χ4n) is 5.40. The maximum atomic E-state index is 12.9. The number of aromatic nitrogens is 3. The lowest BCUT2D eigenvalue weighted by atomic mass is 9.97. The maximum Gasteiger partial charge on any atom is 0.410 e. The predicted molar refractivity (Wildman–Crippen MR) is 169 cm³/mol. The van der Waals surface area contributed by atoms with Crippen molar-refractivity contribution in [2.24, 2.45) is 0 Å². The van der Waals surface area contributed by atoms with E-state index in [1.165, 1.54) is 0 Å². The molecule has 3 heterocycles. The molecule has 5 rings (SSSR count). The summed E-state index contributed by atoms with van der Waals surface area (Å²) in [4.78, 5) is 28.1. The lowest BCUT2D eigenvalue weighted by Gasteiger charge is -2.34. The second kappa shape index (κ2) is 13.7. The topological polar surface area (TPSA) is 110 Å². The van der Waals surface area contributed by atoms with Crippen LogP contribution in [-0.2, 0) is 11.2 Å². The molecule has 2 aromatic carbocycles. The zero-order chi connectivity index (χ0) is 32.1. The summed E-state index contributed by atoms with van der Waals surface area (Å²) in [5.74, 6) is 1.38. The van der Waals surface area contributed by atoms with E-state index in [4.69, 9.17) is 14.5 Å². The Balaban J connectivity index is 1.37. The fraction of sp³-hybridized carbons (Fsp3) is 0.412. The number of hydrogen-bond acceptors (Lipinski definition) is 8. The molecule has 1 saturated heterocycles. The van der Waals surface area contributed by atoms with Crippen LogP contribution in [0.25, 0.3) is 22.0 Å². The summed E-state index contributed by atoms with van der Waals surface area (Å²) < 4.78 is 37.9. The number of nitrogens with zero attached hydrogens (tertiary/aromatic N) is 4. The van der Waals surface area contributed by atoms with Gasteiger partial charge in [0.1, 0.15) is 17.5 Å². The number of amides is 1. The van der Waals surface area contributed by atoms with Crippen LogP contribution >= 0.6 is 0 Å². The van der Waals surface area contributed by atoms with Gasteiger partial charge in [-0.3, -0.25) is 0 Å². The van der Waals surface area contributed by atoms with Crippen LogP contribution in [0, 0.1) is 6.92 Å². The van der Waals surface area contributed by atoms with Crippen molar-refractivity contribution in [2.75, 3.05) is 18.4 Å². The van der Waals surface area contributed by atoms with Gasteiger partial charge >= 0.3 is 6.09 Å². The normalized spacial score (nSPS) is 16.1. The molecule has 9 nitrogen and oxygen atoms in total. The standard InChI is InChI=1S/C34H39F2N5O4/c1-21-12-14-24-22(13-15-28(42)30(35)36)8-5-10-25(24)29(21)44-31-26(11-6-17-37-31)27-16-18-38-32(40-27)39-23-9-7-19-41(20-23)33(43)45-34(2,3)4/h5-6,8,10-12,14,16-18,23,28,30,42H,7,9,13,15,19-20H2,1-4H3,(H,38,39,40)/t23-,28-/m0/s1. The van der Waals surface area contributed by atoms with Gasteiger partial charge in [-0.25, -0.2) is 28.5 Å². The third kappa shape index (κ3) is 8.02. The zero-order valence-electron chi connectivity index (χ0n) is 26.0. The number of piperidine rings is 1. The number of likely N-dealkylation sites (tertiary alicyclic amines) is 1. The number of carbonyl (C=O) groups is 1. The molecule has 0 unspecified atom stereocenters. The summed E-state index contributed by atoms with van der Waals surface area (Å²) in [6.45, 7) is 8.61. The van der Waals surface area contributed by atoms with Crippen molar-refractivity contribution in [2.45, 2.75) is 77.6 Å². The molecule has 0 aliphatic carbocycles. The number of fused-ring (bicyclic) bond motifs is 1. The van der Waals surface area contributed by atoms with Gasteiger partial charge < -0.3 is 24.8 Å². The van der Waals surface area contributed by atoms with E-state index in [1.807, 2.05) is 64.1 Å². The Hall–Kier alpha value is -4.38. The molecule has 2 N–H and O–H groups in total. The number of pyridine rings is 1. The third-order valence-electron chi connectivity index (χ3n) is 7.61. The van der Waals surface area contributed by atoms with E-state index in [0.717, 1.165) is 34.7 Å². The van der Waals surface area contributed by atoms with Gasteiger partial charge in [-0.15, -0.1) is 0 Å². The highest BCUT2D eigenvalue weighted by Gasteiger charge is 2.28. The minimum absolute atomic E-state index is 0.0412. The van der Waals surface area contributed by atoms with Crippen molar-refractivity contribution in [1.29, 1.82) is 0 Å². The van der Waals surface area contributed by atoms with Gasteiger partial charge in [0.25, 0.3) is 6.43 Å². The van der Waals surface area contributed by atoms with Crippen LogP contribution < -0.4 is 10.1 Å². The quantitative estimate of drug-likeness (QED) is 0.203. The van der Waals surface area contributed by atoms with E-state index in [-0.39, 0.29) is 18.6 Å². The monoisotopic (exact) mass is 619 g/mol. The number of aliphatic hydroxyl groups is 1. The van der Waals surface area contributed by atoms with Crippen molar-refractivity contribution in [3.63, 3.8) is 0 Å². The first-order valence-corrected chi connectivity index (χ1v) is 15.2. The minimum atomic E-state index is -2.78. The molecule has 2 atom stereocenters. The molecule has 0 spiro atoms. The molecule has 2 aromatic heterocycles. The Labute approximate surface area is 261 Å². The molecule has 45 heavy (non-hydrogen) atoms. The van der Waals surface area contributed by atoms with Crippen molar-refractivity contribution in [3.8, 4) is 22.9 Å². The van der Waals surface area contributed by atoms with Gasteiger partial charge in [0, 0.05) is 36.9 Å². The maximum absolute atomic E-state index is 12.9.